The molecular weight excluding hydrogens is 947 g/mol. The molecule has 0 radical (unpaired) electrons. The number of likely N-dealkylation sites (N-methyl/N-ethyl adjacent to an activating group) is 1. The Labute approximate surface area is 469 Å². The molecule has 0 N–H and O–H groups in total. The maximum atomic E-state index is 12.9. The molecule has 0 spiro atoms. The standard InChI is InChI=1S/C67H121NO8/c1-6-8-10-12-14-16-18-20-21-22-23-24-25-26-27-28-29-30-31-32-33-34-35-36-37-38-39-40-41-42-43-44-45-46-48-50-52-54-56-58-65(70)76-63(62-75-67(66(71)72)73-60-59-68(3,4)5)61-74-64(69)57-55-53-51-49-47-19-17-15-13-11-9-7-2/h8,10,14,16,20-21,23-24,26-27,63,67H,6-7,9,11-13,15,17-19,22,25,28-62H2,1-5H3/b10-8-,16-14-,21-20-,24-23-,27-26-. The number of carbonyl (C=O) groups excluding carboxylic acids is 3. The highest BCUT2D eigenvalue weighted by Crippen LogP contribution is 2.18. The van der Waals surface area contributed by atoms with E-state index in [1.807, 2.05) is 21.1 Å². The quantitative estimate of drug-likeness (QED) is 0.0195. The van der Waals surface area contributed by atoms with Gasteiger partial charge in [0.1, 0.15) is 13.2 Å². The molecule has 9 nitrogen and oxygen atoms in total. The van der Waals surface area contributed by atoms with E-state index in [1.165, 1.54) is 193 Å². The van der Waals surface area contributed by atoms with Crippen LogP contribution in [-0.2, 0) is 33.3 Å². The number of aliphatic carboxylic acids is 1. The van der Waals surface area contributed by atoms with Gasteiger partial charge in [0, 0.05) is 12.8 Å². The summed E-state index contributed by atoms with van der Waals surface area (Å²) < 4.78 is 22.7. The number of unbranched alkanes of at least 4 members (excludes halogenated alkanes) is 34. The SMILES string of the molecule is CC/C=C\C/C=C\C/C=C\C/C=C\C/C=C\CCCCCCCCCCCCCCCCCCCCCCCCCC(=O)OC(COC(=O)CCCCCCCCCCCCCC)COC(OCC[N+](C)(C)C)C(=O)[O-]. The van der Waals surface area contributed by atoms with Gasteiger partial charge in [-0.25, -0.2) is 0 Å². The third-order valence-corrected chi connectivity index (χ3v) is 14.0. The number of allylic oxidation sites excluding steroid dienone is 10. The summed E-state index contributed by atoms with van der Waals surface area (Å²) in [4.78, 5) is 37.2. The molecule has 0 aromatic carbocycles. The van der Waals surface area contributed by atoms with Gasteiger partial charge in [-0.15, -0.1) is 0 Å². The molecule has 0 saturated carbocycles. The lowest BCUT2D eigenvalue weighted by atomic mass is 10.0. The molecule has 2 unspecified atom stereocenters. The lowest BCUT2D eigenvalue weighted by molar-refractivity contribution is -0.870. The van der Waals surface area contributed by atoms with E-state index in [1.54, 1.807) is 0 Å². The van der Waals surface area contributed by atoms with Crippen molar-refractivity contribution in [2.45, 2.75) is 302 Å². The molecule has 0 fully saturated rings. The molecule has 0 aromatic heterocycles. The normalized spacial score (nSPS) is 13.1. The minimum Gasteiger partial charge on any atom is -0.545 e. The number of carbonyl (C=O) groups is 3. The molecule has 0 amide bonds. The largest absolute Gasteiger partial charge is 0.545 e. The van der Waals surface area contributed by atoms with Crippen LogP contribution in [0.2, 0.25) is 0 Å². The molecule has 0 aliphatic rings. The molecule has 76 heavy (non-hydrogen) atoms. The molecule has 442 valence electrons. The monoisotopic (exact) mass is 1070 g/mol. The maximum absolute atomic E-state index is 12.9. The summed E-state index contributed by atoms with van der Waals surface area (Å²) in [5.41, 5.74) is 0. The van der Waals surface area contributed by atoms with Crippen LogP contribution < -0.4 is 5.11 Å². The Kier molecular flexibility index (Phi) is 55.8. The Morgan fingerprint density at radius 2 is 0.750 bits per heavy atom. The van der Waals surface area contributed by atoms with E-state index in [-0.39, 0.29) is 32.2 Å². The number of hydrogen-bond donors (Lipinski definition) is 0. The van der Waals surface area contributed by atoms with E-state index in [4.69, 9.17) is 18.9 Å². The number of rotatable bonds is 59. The number of nitrogens with zero attached hydrogens (tertiary/aromatic N) is 1. The first-order valence-electron chi connectivity index (χ1n) is 31.9. The third kappa shape index (κ3) is 58.7. The van der Waals surface area contributed by atoms with Crippen LogP contribution >= 0.6 is 0 Å². The Balaban J connectivity index is 3.93. The van der Waals surface area contributed by atoms with Gasteiger partial charge in [0.25, 0.3) is 0 Å². The second kappa shape index (κ2) is 58.1. The predicted octanol–water partition coefficient (Wildman–Crippen LogP) is 17.9. The van der Waals surface area contributed by atoms with Crippen LogP contribution in [-0.4, -0.2) is 82.3 Å². The number of hydrogen-bond acceptors (Lipinski definition) is 8. The summed E-state index contributed by atoms with van der Waals surface area (Å²) in [5, 5.41) is 11.8. The van der Waals surface area contributed by atoms with Gasteiger partial charge in [-0.3, -0.25) is 9.59 Å². The number of carboxylic acid groups (broad SMARTS) is 1. The third-order valence-electron chi connectivity index (χ3n) is 14.0. The van der Waals surface area contributed by atoms with Gasteiger partial charge in [0.2, 0.25) is 0 Å². The Bertz CT molecular complexity index is 1430. The van der Waals surface area contributed by atoms with Crippen molar-refractivity contribution in [3.63, 3.8) is 0 Å². The van der Waals surface area contributed by atoms with Crippen molar-refractivity contribution in [1.82, 2.24) is 0 Å². The molecule has 9 heteroatoms. The second-order valence-electron chi connectivity index (χ2n) is 22.7. The lowest BCUT2D eigenvalue weighted by Crippen LogP contribution is -2.44. The Morgan fingerprint density at radius 1 is 0.408 bits per heavy atom. The van der Waals surface area contributed by atoms with Crippen molar-refractivity contribution in [2.75, 3.05) is 47.5 Å². The van der Waals surface area contributed by atoms with Gasteiger partial charge in [0.05, 0.1) is 40.3 Å². The van der Waals surface area contributed by atoms with Crippen molar-refractivity contribution in [3.05, 3.63) is 60.8 Å². The summed E-state index contributed by atoms with van der Waals surface area (Å²) in [6.07, 6.45) is 71.7. The molecule has 2 atom stereocenters. The first-order valence-corrected chi connectivity index (χ1v) is 31.9. The molecular formula is C67H121NO8. The van der Waals surface area contributed by atoms with E-state index < -0.39 is 24.3 Å². The predicted molar refractivity (Wildman–Crippen MR) is 320 cm³/mol. The van der Waals surface area contributed by atoms with Crippen molar-refractivity contribution >= 4 is 17.9 Å². The number of esters is 2. The maximum Gasteiger partial charge on any atom is 0.306 e. The Morgan fingerprint density at radius 3 is 1.12 bits per heavy atom. The van der Waals surface area contributed by atoms with Crippen LogP contribution in [0.3, 0.4) is 0 Å². The van der Waals surface area contributed by atoms with Gasteiger partial charge >= 0.3 is 11.9 Å². The lowest BCUT2D eigenvalue weighted by Gasteiger charge is -2.26. The zero-order chi connectivity index (χ0) is 55.5. The van der Waals surface area contributed by atoms with Gasteiger partial charge < -0.3 is 33.3 Å². The summed E-state index contributed by atoms with van der Waals surface area (Å²) in [5.74, 6) is -2.26. The van der Waals surface area contributed by atoms with Crippen molar-refractivity contribution in [2.24, 2.45) is 0 Å². The molecule has 0 rings (SSSR count). The zero-order valence-electron chi connectivity index (χ0n) is 50.4. The van der Waals surface area contributed by atoms with Crippen molar-refractivity contribution < 1.29 is 42.9 Å². The van der Waals surface area contributed by atoms with Gasteiger partial charge in [-0.1, -0.05) is 280 Å². The molecule has 0 heterocycles. The smallest absolute Gasteiger partial charge is 0.306 e. The van der Waals surface area contributed by atoms with Crippen LogP contribution in [0.4, 0.5) is 0 Å². The number of quaternary nitrogens is 1. The van der Waals surface area contributed by atoms with E-state index in [9.17, 15) is 19.5 Å². The summed E-state index contributed by atoms with van der Waals surface area (Å²) in [6, 6.07) is 0. The highest BCUT2D eigenvalue weighted by atomic mass is 16.7. The van der Waals surface area contributed by atoms with Crippen LogP contribution in [0.15, 0.2) is 60.8 Å². The number of ether oxygens (including phenoxy) is 4. The highest BCUT2D eigenvalue weighted by Gasteiger charge is 2.22. The van der Waals surface area contributed by atoms with Gasteiger partial charge in [0.15, 0.2) is 12.4 Å². The molecule has 0 bridgehead atoms. The average molecular weight is 1070 g/mol. The average Bonchev–Trinajstić information content (AvgIpc) is 3.39. The van der Waals surface area contributed by atoms with Crippen LogP contribution in [0, 0.1) is 0 Å². The van der Waals surface area contributed by atoms with Crippen molar-refractivity contribution in [1.29, 1.82) is 0 Å². The van der Waals surface area contributed by atoms with E-state index in [0.717, 1.165) is 70.6 Å². The fraction of sp³-hybridized carbons (Fsp3) is 0.806. The zero-order valence-corrected chi connectivity index (χ0v) is 50.4. The van der Waals surface area contributed by atoms with Gasteiger partial charge in [-0.2, -0.15) is 0 Å². The topological polar surface area (TPSA) is 111 Å². The highest BCUT2D eigenvalue weighted by molar-refractivity contribution is 5.70. The minimum atomic E-state index is -1.62. The summed E-state index contributed by atoms with van der Waals surface area (Å²) in [6.45, 7) is 4.66. The van der Waals surface area contributed by atoms with E-state index in [2.05, 4.69) is 74.6 Å². The van der Waals surface area contributed by atoms with Crippen molar-refractivity contribution in [3.8, 4) is 0 Å². The fourth-order valence-corrected chi connectivity index (χ4v) is 9.15. The Hall–Kier alpha value is -3.01. The first kappa shape index (κ1) is 73.0. The molecule has 0 aliphatic heterocycles. The minimum absolute atomic E-state index is 0.150. The van der Waals surface area contributed by atoms with Crippen LogP contribution in [0.1, 0.15) is 290 Å². The van der Waals surface area contributed by atoms with E-state index in [0.29, 0.717) is 17.4 Å². The molecule has 0 aromatic rings. The fourth-order valence-electron chi connectivity index (χ4n) is 9.15. The van der Waals surface area contributed by atoms with Crippen LogP contribution in [0.25, 0.3) is 0 Å². The molecule has 0 saturated heterocycles. The second-order valence-corrected chi connectivity index (χ2v) is 22.7. The number of carboxylic acids is 1. The summed E-state index contributed by atoms with van der Waals surface area (Å²) in [7, 11) is 5.93. The van der Waals surface area contributed by atoms with E-state index >= 15 is 0 Å². The van der Waals surface area contributed by atoms with Crippen LogP contribution in [0.5, 0.6) is 0 Å². The summed E-state index contributed by atoms with van der Waals surface area (Å²) >= 11 is 0. The molecule has 0 aliphatic carbocycles. The first-order chi connectivity index (χ1) is 37.1. The van der Waals surface area contributed by atoms with Gasteiger partial charge in [-0.05, 0) is 57.8 Å².